The van der Waals surface area contributed by atoms with Crippen LogP contribution >= 0.6 is 0 Å². The summed E-state index contributed by atoms with van der Waals surface area (Å²) in [6.45, 7) is 0. The summed E-state index contributed by atoms with van der Waals surface area (Å²) in [5.41, 5.74) is 13.6. The average molecular weight is 754 g/mol. The molecule has 276 valence electrons. The molecule has 0 radical (unpaired) electrons. The minimum absolute atomic E-state index is 0.859. The first-order chi connectivity index (χ1) is 29.2. The Kier molecular flexibility index (Phi) is 7.54. The zero-order valence-electron chi connectivity index (χ0n) is 32.0. The molecule has 2 heterocycles. The number of rotatable bonds is 6. The Morgan fingerprint density at radius 1 is 0.305 bits per heavy atom. The van der Waals surface area contributed by atoms with Crippen LogP contribution in [0.4, 0.5) is 17.1 Å². The van der Waals surface area contributed by atoms with Crippen LogP contribution in [0.3, 0.4) is 0 Å². The Bertz CT molecular complexity index is 3540. The second kappa shape index (κ2) is 13.4. The fourth-order valence-corrected chi connectivity index (χ4v) is 9.11. The fraction of sp³-hybridized carbons (Fsp3) is 0. The third-order valence-electron chi connectivity index (χ3n) is 11.9. The molecule has 2 aromatic heterocycles. The number of nitrogens with zero attached hydrogens (tertiary/aromatic N) is 1. The lowest BCUT2D eigenvalue weighted by Crippen LogP contribution is -2.11. The third kappa shape index (κ3) is 5.44. The Labute approximate surface area is 340 Å². The molecule has 59 heavy (non-hydrogen) atoms. The summed E-state index contributed by atoms with van der Waals surface area (Å²) in [6, 6.07) is 75.8. The van der Waals surface area contributed by atoms with Crippen LogP contribution in [0.2, 0.25) is 0 Å². The smallest absolute Gasteiger partial charge is 0.136 e. The van der Waals surface area contributed by atoms with Gasteiger partial charge in [-0.1, -0.05) is 152 Å². The zero-order valence-corrected chi connectivity index (χ0v) is 32.0. The predicted octanol–water partition coefficient (Wildman–Crippen LogP) is 16.3. The molecular formula is C56H35NO2. The van der Waals surface area contributed by atoms with Crippen LogP contribution in [0, 0.1) is 0 Å². The molecule has 0 fully saturated rings. The molecule has 0 amide bonds. The van der Waals surface area contributed by atoms with Crippen molar-refractivity contribution in [1.82, 2.24) is 0 Å². The first-order valence-corrected chi connectivity index (χ1v) is 20.1. The number of fused-ring (bicyclic) bond motifs is 9. The Morgan fingerprint density at radius 3 is 1.56 bits per heavy atom. The number of hydrogen-bond donors (Lipinski definition) is 0. The molecule has 0 atom stereocenters. The maximum atomic E-state index is 6.58. The van der Waals surface area contributed by atoms with E-state index in [0.29, 0.717) is 0 Å². The maximum absolute atomic E-state index is 6.58. The molecule has 3 heteroatoms. The largest absolute Gasteiger partial charge is 0.456 e. The van der Waals surface area contributed by atoms with Crippen LogP contribution in [0.5, 0.6) is 0 Å². The van der Waals surface area contributed by atoms with Gasteiger partial charge in [0.05, 0.1) is 5.69 Å². The van der Waals surface area contributed by atoms with E-state index in [-0.39, 0.29) is 0 Å². The van der Waals surface area contributed by atoms with E-state index in [1.165, 1.54) is 32.7 Å². The van der Waals surface area contributed by atoms with Crippen molar-refractivity contribution in [3.8, 4) is 33.4 Å². The molecule has 0 saturated heterocycles. The quantitative estimate of drug-likeness (QED) is 0.158. The molecule has 0 aliphatic heterocycles. The second-order valence-corrected chi connectivity index (χ2v) is 15.2. The standard InChI is InChI=1S/C56H35NO2/c1-2-11-36(12-3-1)37-25-29-42(30-26-37)57(43-31-27-39(28-32-43)45-17-10-20-52-55(45)46-15-6-8-18-50(46)58-52)49-33-34-53-56(47-16-7-9-19-51(47)59-53)54(49)41-24-23-40-22-21-38-13-4-5-14-44(38)48(40)35-41/h1-35H. The van der Waals surface area contributed by atoms with E-state index in [4.69, 9.17) is 8.83 Å². The highest BCUT2D eigenvalue weighted by molar-refractivity contribution is 6.18. The lowest BCUT2D eigenvalue weighted by atomic mass is 9.92. The Balaban J connectivity index is 1.10. The monoisotopic (exact) mass is 753 g/mol. The van der Waals surface area contributed by atoms with Crippen molar-refractivity contribution in [2.24, 2.45) is 0 Å². The maximum Gasteiger partial charge on any atom is 0.136 e. The molecule has 0 saturated carbocycles. The molecule has 0 spiro atoms. The zero-order chi connectivity index (χ0) is 38.9. The highest BCUT2D eigenvalue weighted by Gasteiger charge is 2.23. The summed E-state index contributed by atoms with van der Waals surface area (Å²) in [5.74, 6) is 0. The number of hydrogen-bond acceptors (Lipinski definition) is 3. The van der Waals surface area contributed by atoms with Gasteiger partial charge in [0.15, 0.2) is 0 Å². The number of furan rings is 2. The van der Waals surface area contributed by atoms with Crippen molar-refractivity contribution in [2.45, 2.75) is 0 Å². The molecule has 0 N–H and O–H groups in total. The number of anilines is 3. The molecule has 0 bridgehead atoms. The minimum Gasteiger partial charge on any atom is -0.456 e. The van der Waals surface area contributed by atoms with Crippen LogP contribution in [-0.4, -0.2) is 0 Å². The van der Waals surface area contributed by atoms with Crippen molar-refractivity contribution >= 4 is 82.5 Å². The summed E-state index contributed by atoms with van der Waals surface area (Å²) in [5, 5.41) is 9.34. The minimum atomic E-state index is 0.859. The van der Waals surface area contributed by atoms with E-state index < -0.39 is 0 Å². The van der Waals surface area contributed by atoms with Gasteiger partial charge in [-0.3, -0.25) is 0 Å². The van der Waals surface area contributed by atoms with Crippen LogP contribution in [0.1, 0.15) is 0 Å². The Hall–Kier alpha value is -7.88. The lowest BCUT2D eigenvalue weighted by molar-refractivity contribution is 0.668. The summed E-state index contributed by atoms with van der Waals surface area (Å²) in [7, 11) is 0. The first-order valence-electron chi connectivity index (χ1n) is 20.1. The van der Waals surface area contributed by atoms with Gasteiger partial charge in [0.25, 0.3) is 0 Å². The molecule has 10 aromatic carbocycles. The molecule has 0 unspecified atom stereocenters. The van der Waals surface area contributed by atoms with Crippen LogP contribution in [0.15, 0.2) is 221 Å². The third-order valence-corrected chi connectivity index (χ3v) is 11.9. The van der Waals surface area contributed by atoms with Gasteiger partial charge in [0.2, 0.25) is 0 Å². The van der Waals surface area contributed by atoms with Gasteiger partial charge in [0, 0.05) is 38.5 Å². The molecule has 0 aliphatic rings. The summed E-state index contributed by atoms with van der Waals surface area (Å²) in [4.78, 5) is 2.40. The number of para-hydroxylation sites is 2. The van der Waals surface area contributed by atoms with Crippen molar-refractivity contribution < 1.29 is 8.83 Å². The van der Waals surface area contributed by atoms with Gasteiger partial charge in [-0.2, -0.15) is 0 Å². The van der Waals surface area contributed by atoms with E-state index in [1.807, 2.05) is 18.2 Å². The van der Waals surface area contributed by atoms with Crippen LogP contribution in [0.25, 0.3) is 98.8 Å². The highest BCUT2D eigenvalue weighted by atomic mass is 16.3. The van der Waals surface area contributed by atoms with E-state index >= 15 is 0 Å². The molecule has 3 nitrogen and oxygen atoms in total. The number of benzene rings is 10. The van der Waals surface area contributed by atoms with Gasteiger partial charge >= 0.3 is 0 Å². The van der Waals surface area contributed by atoms with E-state index in [0.717, 1.165) is 83.2 Å². The first kappa shape index (κ1) is 33.3. The van der Waals surface area contributed by atoms with Gasteiger partial charge in [-0.15, -0.1) is 0 Å². The van der Waals surface area contributed by atoms with E-state index in [9.17, 15) is 0 Å². The molecule has 0 aliphatic carbocycles. The lowest BCUT2D eigenvalue weighted by Gasteiger charge is -2.29. The SMILES string of the molecule is c1ccc(-c2ccc(N(c3ccc(-c4cccc5oc6ccccc6c45)cc3)c3ccc4oc5ccccc5c4c3-c3ccc4ccc5ccccc5c4c3)cc2)cc1. The van der Waals surface area contributed by atoms with Gasteiger partial charge in [-0.05, 0) is 110 Å². The molecule has 12 rings (SSSR count). The van der Waals surface area contributed by atoms with Crippen molar-refractivity contribution in [1.29, 1.82) is 0 Å². The molecular weight excluding hydrogens is 719 g/mol. The van der Waals surface area contributed by atoms with Crippen molar-refractivity contribution in [3.05, 3.63) is 212 Å². The summed E-state index contributed by atoms with van der Waals surface area (Å²) < 4.78 is 12.9. The highest BCUT2D eigenvalue weighted by Crippen LogP contribution is 2.48. The van der Waals surface area contributed by atoms with E-state index in [1.54, 1.807) is 0 Å². The fourth-order valence-electron chi connectivity index (χ4n) is 9.11. The predicted molar refractivity (Wildman–Crippen MR) is 247 cm³/mol. The van der Waals surface area contributed by atoms with Crippen LogP contribution < -0.4 is 4.90 Å². The van der Waals surface area contributed by atoms with E-state index in [2.05, 4.69) is 199 Å². The van der Waals surface area contributed by atoms with Crippen LogP contribution in [-0.2, 0) is 0 Å². The normalized spacial score (nSPS) is 11.7. The topological polar surface area (TPSA) is 29.5 Å². The summed E-state index contributed by atoms with van der Waals surface area (Å²) in [6.07, 6.45) is 0. The Morgan fingerprint density at radius 2 is 0.831 bits per heavy atom. The van der Waals surface area contributed by atoms with Crippen molar-refractivity contribution in [3.63, 3.8) is 0 Å². The van der Waals surface area contributed by atoms with Gasteiger partial charge in [0.1, 0.15) is 22.3 Å². The van der Waals surface area contributed by atoms with Crippen molar-refractivity contribution in [2.75, 3.05) is 4.90 Å². The second-order valence-electron chi connectivity index (χ2n) is 15.2. The van der Waals surface area contributed by atoms with Gasteiger partial charge < -0.3 is 13.7 Å². The van der Waals surface area contributed by atoms with Gasteiger partial charge in [-0.25, -0.2) is 0 Å². The average Bonchev–Trinajstić information content (AvgIpc) is 3.88. The summed E-state index contributed by atoms with van der Waals surface area (Å²) >= 11 is 0. The molecule has 12 aromatic rings.